The first kappa shape index (κ1) is 11.3. The van der Waals surface area contributed by atoms with Gasteiger partial charge in [-0.3, -0.25) is 0 Å². The Morgan fingerprint density at radius 3 is 2.57 bits per heavy atom. The largest absolute Gasteiger partial charge is 0.338 e. The van der Waals surface area contributed by atoms with Crippen LogP contribution in [0.3, 0.4) is 0 Å². The third kappa shape index (κ3) is 2.87. The van der Waals surface area contributed by atoms with Crippen molar-refractivity contribution in [3.8, 4) is 0 Å². The highest BCUT2D eigenvalue weighted by Gasteiger charge is 2.27. The van der Waals surface area contributed by atoms with Crippen molar-refractivity contribution in [2.45, 2.75) is 32.7 Å². The summed E-state index contributed by atoms with van der Waals surface area (Å²) in [7, 11) is 0. The highest BCUT2D eigenvalue weighted by Crippen LogP contribution is 2.06. The van der Waals surface area contributed by atoms with Crippen molar-refractivity contribution in [1.29, 1.82) is 0 Å². The molecule has 0 atom stereocenters. The number of carbonyl (C=O) groups excluding carboxylic acids is 1. The van der Waals surface area contributed by atoms with Gasteiger partial charge in [-0.1, -0.05) is 13.8 Å². The van der Waals surface area contributed by atoms with Gasteiger partial charge in [-0.15, -0.1) is 0 Å². The lowest BCUT2D eigenvalue weighted by Gasteiger charge is -2.38. The highest BCUT2D eigenvalue weighted by molar-refractivity contribution is 5.74. The zero-order valence-electron chi connectivity index (χ0n) is 9.18. The van der Waals surface area contributed by atoms with Crippen molar-refractivity contribution in [2.24, 2.45) is 0 Å². The van der Waals surface area contributed by atoms with E-state index in [4.69, 9.17) is 0 Å². The summed E-state index contributed by atoms with van der Waals surface area (Å²) >= 11 is 0. The zero-order valence-corrected chi connectivity index (χ0v) is 9.18. The Kier molecular flexibility index (Phi) is 4.73. The summed E-state index contributed by atoms with van der Waals surface area (Å²) in [6.45, 7) is 7.70. The molecule has 0 aromatic carbocycles. The van der Waals surface area contributed by atoms with E-state index < -0.39 is 0 Å². The Bertz CT molecular complexity index is 180. The minimum atomic E-state index is 0.0974. The van der Waals surface area contributed by atoms with E-state index >= 15 is 0 Å². The number of nitrogens with one attached hydrogen (secondary N) is 2. The average molecular weight is 199 g/mol. The quantitative estimate of drug-likeness (QED) is 0.687. The predicted octanol–water partition coefficient (Wildman–Crippen LogP) is 0.790. The Labute approximate surface area is 86.0 Å². The van der Waals surface area contributed by atoms with Crippen LogP contribution in [0.15, 0.2) is 0 Å². The number of nitrogens with zero attached hydrogens (tertiary/aromatic N) is 1. The second-order valence-corrected chi connectivity index (χ2v) is 3.74. The number of urea groups is 1. The molecule has 1 saturated heterocycles. The van der Waals surface area contributed by atoms with Crippen molar-refractivity contribution in [3.63, 3.8) is 0 Å². The normalized spacial score (nSPS) is 16.1. The van der Waals surface area contributed by atoms with Crippen LogP contribution in [0.1, 0.15) is 26.7 Å². The molecule has 1 aliphatic rings. The van der Waals surface area contributed by atoms with Crippen LogP contribution in [0.5, 0.6) is 0 Å². The van der Waals surface area contributed by atoms with E-state index in [0.717, 1.165) is 39.0 Å². The summed E-state index contributed by atoms with van der Waals surface area (Å²) in [5.74, 6) is 0. The fourth-order valence-electron chi connectivity index (χ4n) is 1.52. The maximum Gasteiger partial charge on any atom is 0.317 e. The molecule has 1 aliphatic heterocycles. The molecule has 0 spiro atoms. The van der Waals surface area contributed by atoms with E-state index in [1.54, 1.807) is 0 Å². The third-order valence-corrected chi connectivity index (χ3v) is 2.45. The molecule has 0 bridgehead atoms. The molecule has 0 unspecified atom stereocenters. The molecular formula is C10H21N3O. The molecule has 1 rings (SSSR count). The monoisotopic (exact) mass is 199 g/mol. The zero-order chi connectivity index (χ0) is 10.4. The predicted molar refractivity (Wildman–Crippen MR) is 57.3 cm³/mol. The van der Waals surface area contributed by atoms with E-state index in [1.165, 1.54) is 0 Å². The van der Waals surface area contributed by atoms with Crippen LogP contribution in [0.25, 0.3) is 0 Å². The van der Waals surface area contributed by atoms with Crippen LogP contribution < -0.4 is 10.6 Å². The maximum atomic E-state index is 11.7. The molecule has 1 fully saturated rings. The van der Waals surface area contributed by atoms with Crippen LogP contribution in [-0.4, -0.2) is 43.2 Å². The lowest BCUT2D eigenvalue weighted by atomic mass is 10.1. The van der Waals surface area contributed by atoms with Crippen LogP contribution in [-0.2, 0) is 0 Å². The van der Waals surface area contributed by atoms with Gasteiger partial charge in [0.25, 0.3) is 0 Å². The Morgan fingerprint density at radius 1 is 1.43 bits per heavy atom. The number of rotatable bonds is 5. The molecule has 14 heavy (non-hydrogen) atoms. The van der Waals surface area contributed by atoms with Gasteiger partial charge in [0.1, 0.15) is 0 Å². The van der Waals surface area contributed by atoms with Crippen LogP contribution >= 0.6 is 0 Å². The van der Waals surface area contributed by atoms with Crippen molar-refractivity contribution in [2.75, 3.05) is 26.2 Å². The van der Waals surface area contributed by atoms with Gasteiger partial charge in [-0.2, -0.15) is 0 Å². The van der Waals surface area contributed by atoms with Gasteiger partial charge in [0, 0.05) is 26.2 Å². The first-order valence-electron chi connectivity index (χ1n) is 5.54. The fraction of sp³-hybridized carbons (Fsp3) is 0.900. The van der Waals surface area contributed by atoms with Gasteiger partial charge in [0.15, 0.2) is 0 Å². The first-order chi connectivity index (χ1) is 6.79. The molecule has 4 nitrogen and oxygen atoms in total. The van der Waals surface area contributed by atoms with Crippen molar-refractivity contribution >= 4 is 6.03 Å². The summed E-state index contributed by atoms with van der Waals surface area (Å²) < 4.78 is 0. The minimum Gasteiger partial charge on any atom is -0.338 e. The molecule has 0 radical (unpaired) electrons. The molecular weight excluding hydrogens is 178 g/mol. The second kappa shape index (κ2) is 5.86. The number of carbonyl (C=O) groups is 1. The summed E-state index contributed by atoms with van der Waals surface area (Å²) in [6, 6.07) is 0.506. The van der Waals surface area contributed by atoms with E-state index in [-0.39, 0.29) is 6.03 Å². The SMILES string of the molecule is CCCNC(=O)N(CCC)C1CNC1. The Hall–Kier alpha value is -0.770. The maximum absolute atomic E-state index is 11.7. The van der Waals surface area contributed by atoms with E-state index in [9.17, 15) is 4.79 Å². The van der Waals surface area contributed by atoms with Crippen molar-refractivity contribution in [3.05, 3.63) is 0 Å². The third-order valence-electron chi connectivity index (χ3n) is 2.45. The van der Waals surface area contributed by atoms with Gasteiger partial charge >= 0.3 is 6.03 Å². The number of hydrogen-bond donors (Lipinski definition) is 2. The minimum absolute atomic E-state index is 0.0974. The average Bonchev–Trinajstić information content (AvgIpc) is 2.10. The standard InChI is InChI=1S/C10H21N3O/c1-3-5-12-10(14)13(6-4-2)9-7-11-8-9/h9,11H,3-8H2,1-2H3,(H,12,14). The molecule has 0 aliphatic carbocycles. The smallest absolute Gasteiger partial charge is 0.317 e. The van der Waals surface area contributed by atoms with Gasteiger partial charge in [0.2, 0.25) is 0 Å². The summed E-state index contributed by atoms with van der Waals surface area (Å²) in [5.41, 5.74) is 0. The van der Waals surface area contributed by atoms with Crippen LogP contribution in [0.2, 0.25) is 0 Å². The van der Waals surface area contributed by atoms with Gasteiger partial charge in [0.05, 0.1) is 6.04 Å². The second-order valence-electron chi connectivity index (χ2n) is 3.74. The van der Waals surface area contributed by atoms with Crippen molar-refractivity contribution < 1.29 is 4.79 Å². The van der Waals surface area contributed by atoms with Crippen LogP contribution in [0.4, 0.5) is 4.79 Å². The van der Waals surface area contributed by atoms with E-state index in [0.29, 0.717) is 6.04 Å². The van der Waals surface area contributed by atoms with E-state index in [1.807, 2.05) is 4.90 Å². The summed E-state index contributed by atoms with van der Waals surface area (Å²) in [5, 5.41) is 6.11. The lowest BCUT2D eigenvalue weighted by molar-refractivity contribution is 0.149. The highest BCUT2D eigenvalue weighted by atomic mass is 16.2. The van der Waals surface area contributed by atoms with E-state index in [2.05, 4.69) is 24.5 Å². The fourth-order valence-corrected chi connectivity index (χ4v) is 1.52. The summed E-state index contributed by atoms with van der Waals surface area (Å²) in [4.78, 5) is 13.7. The molecule has 0 aromatic rings. The molecule has 1 heterocycles. The Balaban J connectivity index is 2.35. The molecule has 4 heteroatoms. The molecule has 2 amide bonds. The van der Waals surface area contributed by atoms with Gasteiger partial charge in [-0.05, 0) is 12.8 Å². The molecule has 0 saturated carbocycles. The Morgan fingerprint density at radius 2 is 2.14 bits per heavy atom. The topological polar surface area (TPSA) is 44.4 Å². The molecule has 2 N–H and O–H groups in total. The van der Waals surface area contributed by atoms with Gasteiger partial charge < -0.3 is 15.5 Å². The number of amides is 2. The van der Waals surface area contributed by atoms with Crippen molar-refractivity contribution in [1.82, 2.24) is 15.5 Å². The van der Waals surface area contributed by atoms with Crippen LogP contribution in [0, 0.1) is 0 Å². The lowest BCUT2D eigenvalue weighted by Crippen LogP contribution is -2.60. The molecule has 0 aromatic heterocycles. The summed E-state index contributed by atoms with van der Waals surface area (Å²) in [6.07, 6.45) is 2.02. The molecule has 82 valence electrons. The number of hydrogen-bond acceptors (Lipinski definition) is 2. The first-order valence-corrected chi connectivity index (χ1v) is 5.54. The van der Waals surface area contributed by atoms with Gasteiger partial charge in [-0.25, -0.2) is 4.79 Å².